The number of benzene rings is 1. The zero-order valence-electron chi connectivity index (χ0n) is 13.1. The summed E-state index contributed by atoms with van der Waals surface area (Å²) in [7, 11) is 0. The molecule has 1 fully saturated rings. The van der Waals surface area contributed by atoms with Gasteiger partial charge in [-0.3, -0.25) is 19.9 Å². The Morgan fingerprint density at radius 1 is 1.26 bits per heavy atom. The Labute approximate surface area is 134 Å². The van der Waals surface area contributed by atoms with Crippen LogP contribution in [0.3, 0.4) is 0 Å². The van der Waals surface area contributed by atoms with Gasteiger partial charge in [-0.15, -0.1) is 0 Å². The highest BCUT2D eigenvalue weighted by atomic mass is 16.3. The molecule has 1 aliphatic rings. The molecule has 2 rings (SSSR count). The van der Waals surface area contributed by atoms with Crippen LogP contribution >= 0.6 is 0 Å². The molecule has 7 nitrogen and oxygen atoms in total. The van der Waals surface area contributed by atoms with E-state index < -0.39 is 23.8 Å². The summed E-state index contributed by atoms with van der Waals surface area (Å²) < 4.78 is 0. The van der Waals surface area contributed by atoms with Gasteiger partial charge in [0.2, 0.25) is 5.91 Å². The van der Waals surface area contributed by atoms with Crippen molar-refractivity contribution in [3.05, 3.63) is 29.8 Å². The Morgan fingerprint density at radius 3 is 2.48 bits per heavy atom. The van der Waals surface area contributed by atoms with Crippen molar-refractivity contribution in [2.45, 2.75) is 20.3 Å². The van der Waals surface area contributed by atoms with Crippen LogP contribution in [0.2, 0.25) is 0 Å². The van der Waals surface area contributed by atoms with E-state index in [4.69, 9.17) is 5.11 Å². The van der Waals surface area contributed by atoms with Crippen molar-refractivity contribution in [3.63, 3.8) is 0 Å². The molecule has 4 amide bonds. The number of hydrogen-bond donors (Lipinski definition) is 2. The van der Waals surface area contributed by atoms with Gasteiger partial charge in [0.05, 0.1) is 18.8 Å². The lowest BCUT2D eigenvalue weighted by molar-refractivity contribution is -0.131. The molecule has 0 spiro atoms. The number of amides is 4. The molecule has 7 heteroatoms. The highest BCUT2D eigenvalue weighted by Crippen LogP contribution is 2.22. The van der Waals surface area contributed by atoms with Crippen LogP contribution in [0.15, 0.2) is 29.3 Å². The molecule has 1 heterocycles. The van der Waals surface area contributed by atoms with Gasteiger partial charge < -0.3 is 5.11 Å². The van der Waals surface area contributed by atoms with Gasteiger partial charge in [-0.2, -0.15) is 0 Å². The maximum absolute atomic E-state index is 12.7. The van der Waals surface area contributed by atoms with Crippen LogP contribution < -0.4 is 10.2 Å². The zero-order valence-corrected chi connectivity index (χ0v) is 13.1. The molecule has 0 aromatic heterocycles. The minimum Gasteiger partial charge on any atom is -0.394 e. The highest BCUT2D eigenvalue weighted by Gasteiger charge is 2.43. The van der Waals surface area contributed by atoms with Crippen molar-refractivity contribution in [2.75, 3.05) is 18.1 Å². The van der Waals surface area contributed by atoms with Gasteiger partial charge in [0, 0.05) is 5.71 Å². The first-order chi connectivity index (χ1) is 11.0. The number of barbiturate groups is 1. The second kappa shape index (κ2) is 7.15. The molecule has 0 radical (unpaired) electrons. The number of carbonyl (C=O) groups is 3. The molecule has 2 N–H and O–H groups in total. The van der Waals surface area contributed by atoms with E-state index in [0.29, 0.717) is 17.8 Å². The number of hydrogen-bond acceptors (Lipinski definition) is 5. The van der Waals surface area contributed by atoms with E-state index in [9.17, 15) is 14.4 Å². The molecule has 1 unspecified atom stereocenters. The number of carbonyl (C=O) groups excluding carboxylic acids is 3. The van der Waals surface area contributed by atoms with Crippen molar-refractivity contribution in [3.8, 4) is 0 Å². The summed E-state index contributed by atoms with van der Waals surface area (Å²) in [6, 6.07) is 6.09. The Balaban J connectivity index is 2.38. The normalized spacial score (nSPS) is 19.1. The Morgan fingerprint density at radius 2 is 1.91 bits per heavy atom. The zero-order chi connectivity index (χ0) is 17.0. The van der Waals surface area contributed by atoms with Crippen LogP contribution in [-0.4, -0.2) is 41.8 Å². The number of aliphatic hydroxyl groups is 1. The molecule has 1 aromatic rings. The fourth-order valence-corrected chi connectivity index (χ4v) is 2.41. The SMILES string of the molecule is CCC(=NCCO)C1C(=O)NC(=O)N(c2ccc(C)cc2)C1=O. The lowest BCUT2D eigenvalue weighted by Crippen LogP contribution is -2.60. The van der Waals surface area contributed by atoms with E-state index in [2.05, 4.69) is 10.3 Å². The van der Waals surface area contributed by atoms with Crippen molar-refractivity contribution in [2.24, 2.45) is 10.9 Å². The molecule has 23 heavy (non-hydrogen) atoms. The van der Waals surface area contributed by atoms with Crippen molar-refractivity contribution in [1.82, 2.24) is 5.32 Å². The minimum atomic E-state index is -1.15. The van der Waals surface area contributed by atoms with Crippen molar-refractivity contribution >= 4 is 29.2 Å². The predicted molar refractivity (Wildman–Crippen MR) is 85.4 cm³/mol. The predicted octanol–water partition coefficient (Wildman–Crippen LogP) is 1.04. The number of aliphatic imine (C=N–C) groups is 1. The number of aryl methyl sites for hydroxylation is 1. The topological polar surface area (TPSA) is 99.1 Å². The Bertz CT molecular complexity index is 652. The first-order valence-electron chi connectivity index (χ1n) is 7.39. The summed E-state index contributed by atoms with van der Waals surface area (Å²) in [5, 5.41) is 11.1. The average molecular weight is 317 g/mol. The van der Waals surface area contributed by atoms with Crippen molar-refractivity contribution < 1.29 is 19.5 Å². The van der Waals surface area contributed by atoms with Gasteiger partial charge in [0.25, 0.3) is 5.91 Å². The molecule has 1 saturated heterocycles. The first kappa shape index (κ1) is 16.8. The Hall–Kier alpha value is -2.54. The van der Waals surface area contributed by atoms with E-state index in [1.807, 2.05) is 6.92 Å². The van der Waals surface area contributed by atoms with E-state index in [1.165, 1.54) is 0 Å². The van der Waals surface area contributed by atoms with Gasteiger partial charge in [-0.1, -0.05) is 24.6 Å². The summed E-state index contributed by atoms with van der Waals surface area (Å²) in [5.41, 5.74) is 1.74. The summed E-state index contributed by atoms with van der Waals surface area (Å²) in [6.07, 6.45) is 0.375. The molecule has 0 aliphatic carbocycles. The van der Waals surface area contributed by atoms with Crippen molar-refractivity contribution in [1.29, 1.82) is 0 Å². The van der Waals surface area contributed by atoms with E-state index >= 15 is 0 Å². The molecule has 1 aromatic carbocycles. The van der Waals surface area contributed by atoms with Gasteiger partial charge in [-0.25, -0.2) is 9.69 Å². The maximum Gasteiger partial charge on any atom is 0.335 e. The van der Waals surface area contributed by atoms with Gasteiger partial charge in [-0.05, 0) is 25.5 Å². The first-order valence-corrected chi connectivity index (χ1v) is 7.39. The quantitative estimate of drug-likeness (QED) is 0.626. The number of nitrogens with one attached hydrogen (secondary N) is 1. The van der Waals surface area contributed by atoms with E-state index in [0.717, 1.165) is 10.5 Å². The second-order valence-corrected chi connectivity index (χ2v) is 5.19. The molecule has 0 saturated carbocycles. The van der Waals surface area contributed by atoms with Crippen LogP contribution in [0, 0.1) is 12.8 Å². The van der Waals surface area contributed by atoms with Crippen LogP contribution in [0.5, 0.6) is 0 Å². The van der Waals surface area contributed by atoms with Crippen LogP contribution in [0.25, 0.3) is 0 Å². The molecular formula is C16H19N3O4. The minimum absolute atomic E-state index is 0.110. The standard InChI is InChI=1S/C16H19N3O4/c1-3-12(17-8-9-20)13-14(21)18-16(23)19(15(13)22)11-6-4-10(2)5-7-11/h4-7,13,20H,3,8-9H2,1-2H3,(H,18,21,23). The third kappa shape index (κ3) is 3.45. The molecule has 1 atom stereocenters. The summed E-state index contributed by atoms with van der Waals surface area (Å²) in [4.78, 5) is 41.9. The molecule has 1 aliphatic heterocycles. The number of anilines is 1. The molecule has 122 valence electrons. The van der Waals surface area contributed by atoms with Gasteiger partial charge in [0.1, 0.15) is 0 Å². The number of aliphatic hydroxyl groups excluding tert-OH is 1. The monoisotopic (exact) mass is 317 g/mol. The number of rotatable bonds is 5. The average Bonchev–Trinajstić information content (AvgIpc) is 2.52. The number of imide groups is 2. The van der Waals surface area contributed by atoms with E-state index in [-0.39, 0.29) is 13.2 Å². The summed E-state index contributed by atoms with van der Waals surface area (Å²) >= 11 is 0. The second-order valence-electron chi connectivity index (χ2n) is 5.19. The third-order valence-corrected chi connectivity index (χ3v) is 3.57. The molecule has 0 bridgehead atoms. The van der Waals surface area contributed by atoms with Gasteiger partial charge >= 0.3 is 6.03 Å². The van der Waals surface area contributed by atoms with E-state index in [1.54, 1.807) is 31.2 Å². The number of urea groups is 1. The maximum atomic E-state index is 12.7. The fourth-order valence-electron chi connectivity index (χ4n) is 2.41. The third-order valence-electron chi connectivity index (χ3n) is 3.57. The van der Waals surface area contributed by atoms with Crippen LogP contribution in [0.4, 0.5) is 10.5 Å². The van der Waals surface area contributed by atoms with Crippen LogP contribution in [0.1, 0.15) is 18.9 Å². The lowest BCUT2D eigenvalue weighted by atomic mass is 9.96. The summed E-state index contributed by atoms with van der Waals surface area (Å²) in [5.74, 6) is -2.45. The smallest absolute Gasteiger partial charge is 0.335 e. The summed E-state index contributed by atoms with van der Waals surface area (Å²) in [6.45, 7) is 3.60. The van der Waals surface area contributed by atoms with Gasteiger partial charge in [0.15, 0.2) is 5.92 Å². The molecular weight excluding hydrogens is 298 g/mol. The highest BCUT2D eigenvalue weighted by molar-refractivity contribution is 6.35. The fraction of sp³-hybridized carbons (Fsp3) is 0.375. The lowest BCUT2D eigenvalue weighted by Gasteiger charge is -2.30. The number of nitrogens with zero attached hydrogens (tertiary/aromatic N) is 2. The largest absolute Gasteiger partial charge is 0.394 e. The van der Waals surface area contributed by atoms with Crippen LogP contribution in [-0.2, 0) is 9.59 Å². The Kier molecular flexibility index (Phi) is 5.23.